The zero-order valence-corrected chi connectivity index (χ0v) is 9.41. The van der Waals surface area contributed by atoms with E-state index in [4.69, 9.17) is 5.73 Å². The Morgan fingerprint density at radius 1 is 1.27 bits per heavy atom. The lowest BCUT2D eigenvalue weighted by Gasteiger charge is -2.26. The van der Waals surface area contributed by atoms with Gasteiger partial charge in [-0.05, 0) is 18.7 Å². The molecular formula is C9H17F3N2S. The minimum absolute atomic E-state index is 0.0561. The fourth-order valence-electron chi connectivity index (χ4n) is 1.60. The molecule has 1 unspecified atom stereocenters. The third-order valence-electron chi connectivity index (χ3n) is 2.54. The standard InChI is InChI=1S/C9H17F3N2S/c10-9(11,12)8(6-13)7-14-2-1-4-15-5-3-14/h8H,1-7,13H2. The molecule has 1 heterocycles. The average Bonchev–Trinajstić information content (AvgIpc) is 2.40. The number of hydrogen-bond donors (Lipinski definition) is 1. The first-order chi connectivity index (χ1) is 7.04. The van der Waals surface area contributed by atoms with Crippen LogP contribution in [-0.2, 0) is 0 Å². The van der Waals surface area contributed by atoms with Crippen LogP contribution in [0.25, 0.3) is 0 Å². The molecule has 0 aromatic heterocycles. The van der Waals surface area contributed by atoms with Crippen LogP contribution in [0.3, 0.4) is 0 Å². The van der Waals surface area contributed by atoms with Gasteiger partial charge in [0, 0.05) is 25.4 Å². The fourth-order valence-corrected chi connectivity index (χ4v) is 2.53. The molecule has 2 nitrogen and oxygen atoms in total. The van der Waals surface area contributed by atoms with Gasteiger partial charge >= 0.3 is 6.18 Å². The van der Waals surface area contributed by atoms with E-state index in [1.54, 1.807) is 0 Å². The van der Waals surface area contributed by atoms with E-state index in [9.17, 15) is 13.2 Å². The van der Waals surface area contributed by atoms with Gasteiger partial charge in [-0.15, -0.1) is 0 Å². The first-order valence-electron chi connectivity index (χ1n) is 5.11. The minimum Gasteiger partial charge on any atom is -0.330 e. The zero-order chi connectivity index (χ0) is 11.3. The van der Waals surface area contributed by atoms with Gasteiger partial charge in [0.25, 0.3) is 0 Å². The maximum atomic E-state index is 12.5. The van der Waals surface area contributed by atoms with Gasteiger partial charge in [0.05, 0.1) is 5.92 Å². The molecule has 1 rings (SSSR count). The van der Waals surface area contributed by atoms with Crippen molar-refractivity contribution >= 4 is 11.8 Å². The molecule has 90 valence electrons. The molecule has 0 radical (unpaired) electrons. The van der Waals surface area contributed by atoms with Gasteiger partial charge in [-0.2, -0.15) is 24.9 Å². The molecule has 1 fully saturated rings. The largest absolute Gasteiger partial charge is 0.394 e. The Balaban J connectivity index is 2.42. The van der Waals surface area contributed by atoms with Gasteiger partial charge in [0.15, 0.2) is 0 Å². The summed E-state index contributed by atoms with van der Waals surface area (Å²) in [5, 5.41) is 0. The maximum absolute atomic E-state index is 12.5. The van der Waals surface area contributed by atoms with Gasteiger partial charge < -0.3 is 10.6 Å². The van der Waals surface area contributed by atoms with Crippen molar-refractivity contribution in [1.29, 1.82) is 0 Å². The average molecular weight is 242 g/mol. The van der Waals surface area contributed by atoms with Crippen LogP contribution in [0.15, 0.2) is 0 Å². The number of alkyl halides is 3. The van der Waals surface area contributed by atoms with Crippen LogP contribution < -0.4 is 5.73 Å². The molecule has 15 heavy (non-hydrogen) atoms. The van der Waals surface area contributed by atoms with Gasteiger partial charge in [0.2, 0.25) is 0 Å². The number of nitrogens with two attached hydrogens (primary N) is 1. The summed E-state index contributed by atoms with van der Waals surface area (Å²) in [7, 11) is 0. The molecule has 6 heteroatoms. The molecule has 1 saturated heterocycles. The van der Waals surface area contributed by atoms with E-state index >= 15 is 0 Å². The van der Waals surface area contributed by atoms with Gasteiger partial charge in [-0.1, -0.05) is 0 Å². The maximum Gasteiger partial charge on any atom is 0.394 e. The van der Waals surface area contributed by atoms with Crippen LogP contribution in [0.1, 0.15) is 6.42 Å². The molecule has 0 aromatic carbocycles. The van der Waals surface area contributed by atoms with Crippen molar-refractivity contribution in [2.75, 3.05) is 37.7 Å². The van der Waals surface area contributed by atoms with E-state index < -0.39 is 12.1 Å². The number of halogens is 3. The Morgan fingerprint density at radius 3 is 2.60 bits per heavy atom. The van der Waals surface area contributed by atoms with Crippen molar-refractivity contribution in [3.63, 3.8) is 0 Å². The summed E-state index contributed by atoms with van der Waals surface area (Å²) in [6.07, 6.45) is -3.19. The third kappa shape index (κ3) is 4.61. The highest BCUT2D eigenvalue weighted by molar-refractivity contribution is 7.99. The highest BCUT2D eigenvalue weighted by Crippen LogP contribution is 2.26. The van der Waals surface area contributed by atoms with Crippen LogP contribution in [0.2, 0.25) is 0 Å². The molecule has 1 atom stereocenters. The molecule has 1 aliphatic heterocycles. The smallest absolute Gasteiger partial charge is 0.330 e. The molecule has 0 spiro atoms. The number of hydrogen-bond acceptors (Lipinski definition) is 3. The minimum atomic E-state index is -4.16. The summed E-state index contributed by atoms with van der Waals surface area (Å²) in [6.45, 7) is 1.25. The van der Waals surface area contributed by atoms with Crippen molar-refractivity contribution in [1.82, 2.24) is 4.90 Å². The van der Waals surface area contributed by atoms with E-state index in [0.717, 1.165) is 31.0 Å². The second kappa shape index (κ2) is 5.96. The summed E-state index contributed by atoms with van der Waals surface area (Å²) in [6, 6.07) is 0. The molecule has 0 saturated carbocycles. The van der Waals surface area contributed by atoms with Crippen molar-refractivity contribution in [3.8, 4) is 0 Å². The van der Waals surface area contributed by atoms with Crippen LogP contribution in [-0.4, -0.2) is 48.8 Å². The van der Waals surface area contributed by atoms with Crippen LogP contribution in [0.5, 0.6) is 0 Å². The lowest BCUT2D eigenvalue weighted by atomic mass is 10.1. The summed E-state index contributed by atoms with van der Waals surface area (Å²) < 4.78 is 37.4. The van der Waals surface area contributed by atoms with Crippen molar-refractivity contribution < 1.29 is 13.2 Å². The fraction of sp³-hybridized carbons (Fsp3) is 1.00. The molecule has 0 aromatic rings. The number of nitrogens with zero attached hydrogens (tertiary/aromatic N) is 1. The molecular weight excluding hydrogens is 225 g/mol. The van der Waals surface area contributed by atoms with E-state index in [-0.39, 0.29) is 13.1 Å². The monoisotopic (exact) mass is 242 g/mol. The Bertz CT molecular complexity index is 179. The highest BCUT2D eigenvalue weighted by atomic mass is 32.2. The lowest BCUT2D eigenvalue weighted by molar-refractivity contribution is -0.176. The van der Waals surface area contributed by atoms with E-state index in [2.05, 4.69) is 0 Å². The Labute approximate surface area is 92.4 Å². The summed E-state index contributed by atoms with van der Waals surface area (Å²) in [5.41, 5.74) is 5.16. The van der Waals surface area contributed by atoms with E-state index in [1.807, 2.05) is 16.7 Å². The highest BCUT2D eigenvalue weighted by Gasteiger charge is 2.39. The quantitative estimate of drug-likeness (QED) is 0.814. The van der Waals surface area contributed by atoms with E-state index in [0.29, 0.717) is 0 Å². The second-order valence-electron chi connectivity index (χ2n) is 3.74. The molecule has 0 amide bonds. The number of rotatable bonds is 3. The molecule has 1 aliphatic rings. The van der Waals surface area contributed by atoms with Gasteiger partial charge in [-0.3, -0.25) is 0 Å². The summed E-state index contributed by atoms with van der Waals surface area (Å²) >= 11 is 1.81. The third-order valence-corrected chi connectivity index (χ3v) is 3.59. The zero-order valence-electron chi connectivity index (χ0n) is 8.59. The predicted octanol–water partition coefficient (Wildman–Crippen LogP) is 1.56. The van der Waals surface area contributed by atoms with Crippen LogP contribution in [0.4, 0.5) is 13.2 Å². The van der Waals surface area contributed by atoms with E-state index in [1.165, 1.54) is 0 Å². The van der Waals surface area contributed by atoms with Crippen LogP contribution in [0, 0.1) is 5.92 Å². The molecule has 0 aliphatic carbocycles. The van der Waals surface area contributed by atoms with Crippen LogP contribution >= 0.6 is 11.8 Å². The predicted molar refractivity (Wildman–Crippen MR) is 57.0 cm³/mol. The molecule has 2 N–H and O–H groups in total. The summed E-state index contributed by atoms with van der Waals surface area (Å²) in [4.78, 5) is 1.88. The SMILES string of the molecule is NCC(CN1CCCSCC1)C(F)(F)F. The van der Waals surface area contributed by atoms with Crippen molar-refractivity contribution in [2.45, 2.75) is 12.6 Å². The second-order valence-corrected chi connectivity index (χ2v) is 4.97. The Morgan fingerprint density at radius 2 is 2.00 bits per heavy atom. The topological polar surface area (TPSA) is 29.3 Å². The number of thioether (sulfide) groups is 1. The Kier molecular flexibility index (Phi) is 5.22. The first-order valence-corrected chi connectivity index (χ1v) is 6.26. The molecule has 0 bridgehead atoms. The first kappa shape index (κ1) is 13.1. The Hall–Kier alpha value is 0.0600. The van der Waals surface area contributed by atoms with Gasteiger partial charge in [-0.25, -0.2) is 0 Å². The van der Waals surface area contributed by atoms with Crippen molar-refractivity contribution in [2.24, 2.45) is 11.7 Å². The summed E-state index contributed by atoms with van der Waals surface area (Å²) in [5.74, 6) is 0.603. The normalized spacial score (nSPS) is 22.4. The lowest BCUT2D eigenvalue weighted by Crippen LogP contribution is -2.41. The van der Waals surface area contributed by atoms with Crippen molar-refractivity contribution in [3.05, 3.63) is 0 Å². The van der Waals surface area contributed by atoms with Gasteiger partial charge in [0.1, 0.15) is 0 Å².